The molecule has 4 nitrogen and oxygen atoms in total. The van der Waals surface area contributed by atoms with Gasteiger partial charge >= 0.3 is 0 Å². The molecule has 5 heteroatoms. The summed E-state index contributed by atoms with van der Waals surface area (Å²) in [5.41, 5.74) is 3.24. The highest BCUT2D eigenvalue weighted by Crippen LogP contribution is 2.33. The Morgan fingerprint density at radius 3 is 2.33 bits per heavy atom. The Morgan fingerprint density at radius 2 is 1.86 bits per heavy atom. The predicted octanol–water partition coefficient (Wildman–Crippen LogP) is 4.54. The van der Waals surface area contributed by atoms with Crippen LogP contribution < -0.4 is 0 Å². The molecular weight excluding hydrogens is 284 g/mol. The van der Waals surface area contributed by atoms with Gasteiger partial charge in [0.2, 0.25) is 0 Å². The minimum absolute atomic E-state index is 0.106. The van der Waals surface area contributed by atoms with Crippen molar-refractivity contribution in [3.05, 3.63) is 11.5 Å². The van der Waals surface area contributed by atoms with Crippen LogP contribution >= 0.6 is 11.6 Å². The molecule has 0 aliphatic heterocycles. The zero-order chi connectivity index (χ0) is 15.9. The molecule has 2 heterocycles. The first-order chi connectivity index (χ1) is 9.69. The quantitative estimate of drug-likeness (QED) is 0.760. The van der Waals surface area contributed by atoms with Crippen LogP contribution in [0.4, 0.5) is 0 Å². The fourth-order valence-electron chi connectivity index (χ4n) is 2.51. The van der Waals surface area contributed by atoms with E-state index in [4.69, 9.17) is 16.6 Å². The molecule has 1 atom stereocenters. The second-order valence-electron chi connectivity index (χ2n) is 6.89. The SMILES string of the molecule is CCn1nc(C)c2nc(C(C)Cl)n(CC(C)(C)C(C)C)c21. The fourth-order valence-corrected chi connectivity index (χ4v) is 2.68. The summed E-state index contributed by atoms with van der Waals surface area (Å²) in [7, 11) is 0. The number of imidazole rings is 1. The molecule has 0 radical (unpaired) electrons. The first-order valence-electron chi connectivity index (χ1n) is 7.76. The molecule has 0 fully saturated rings. The van der Waals surface area contributed by atoms with Crippen molar-refractivity contribution in [1.29, 1.82) is 0 Å². The van der Waals surface area contributed by atoms with E-state index in [2.05, 4.69) is 44.3 Å². The van der Waals surface area contributed by atoms with E-state index in [0.29, 0.717) is 5.92 Å². The van der Waals surface area contributed by atoms with Crippen molar-refractivity contribution in [3.8, 4) is 0 Å². The van der Waals surface area contributed by atoms with Crippen LogP contribution in [0.5, 0.6) is 0 Å². The van der Waals surface area contributed by atoms with Crippen LogP contribution in [0.25, 0.3) is 11.2 Å². The molecule has 0 spiro atoms. The zero-order valence-corrected chi connectivity index (χ0v) is 15.0. The standard InChI is InChI=1S/C16H27ClN4/c1-8-21-15-13(12(5)19-21)18-14(11(4)17)20(15)9-16(6,7)10(2)3/h10-11H,8-9H2,1-7H3. The summed E-state index contributed by atoms with van der Waals surface area (Å²) in [6, 6.07) is 0. The highest BCUT2D eigenvalue weighted by Gasteiger charge is 2.28. The lowest BCUT2D eigenvalue weighted by Crippen LogP contribution is -2.27. The van der Waals surface area contributed by atoms with Crippen molar-refractivity contribution in [2.45, 2.75) is 66.9 Å². The van der Waals surface area contributed by atoms with Gasteiger partial charge in [-0.3, -0.25) is 0 Å². The molecule has 0 saturated heterocycles. The second-order valence-corrected chi connectivity index (χ2v) is 7.54. The van der Waals surface area contributed by atoms with Crippen LogP contribution in [-0.2, 0) is 13.1 Å². The topological polar surface area (TPSA) is 35.6 Å². The Hall–Kier alpha value is -1.03. The van der Waals surface area contributed by atoms with Gasteiger partial charge in [-0.15, -0.1) is 11.6 Å². The van der Waals surface area contributed by atoms with Gasteiger partial charge in [-0.1, -0.05) is 27.7 Å². The second kappa shape index (κ2) is 5.64. The number of aromatic nitrogens is 4. The first kappa shape index (κ1) is 16.3. The predicted molar refractivity (Wildman–Crippen MR) is 88.8 cm³/mol. The van der Waals surface area contributed by atoms with Crippen LogP contribution in [0, 0.1) is 18.3 Å². The Labute approximate surface area is 132 Å². The van der Waals surface area contributed by atoms with Gasteiger partial charge in [0, 0.05) is 13.1 Å². The Morgan fingerprint density at radius 1 is 1.24 bits per heavy atom. The van der Waals surface area contributed by atoms with Gasteiger partial charge in [0.05, 0.1) is 11.1 Å². The van der Waals surface area contributed by atoms with Crippen molar-refractivity contribution in [1.82, 2.24) is 19.3 Å². The number of fused-ring (bicyclic) bond motifs is 1. The average Bonchev–Trinajstić information content (AvgIpc) is 2.88. The van der Waals surface area contributed by atoms with Crippen LogP contribution in [0.3, 0.4) is 0 Å². The van der Waals surface area contributed by atoms with E-state index in [1.165, 1.54) is 0 Å². The largest absolute Gasteiger partial charge is 0.311 e. The third-order valence-corrected chi connectivity index (χ3v) is 4.81. The van der Waals surface area contributed by atoms with Gasteiger partial charge in [-0.05, 0) is 32.1 Å². The van der Waals surface area contributed by atoms with Gasteiger partial charge < -0.3 is 4.57 Å². The fraction of sp³-hybridized carbons (Fsp3) is 0.750. The monoisotopic (exact) mass is 310 g/mol. The third-order valence-electron chi connectivity index (χ3n) is 4.61. The highest BCUT2D eigenvalue weighted by molar-refractivity contribution is 6.20. The van der Waals surface area contributed by atoms with E-state index in [1.807, 2.05) is 18.5 Å². The number of halogens is 1. The lowest BCUT2D eigenvalue weighted by Gasteiger charge is -2.30. The summed E-state index contributed by atoms with van der Waals surface area (Å²) >= 11 is 6.38. The molecule has 0 aliphatic rings. The maximum atomic E-state index is 6.38. The smallest absolute Gasteiger partial charge is 0.158 e. The van der Waals surface area contributed by atoms with E-state index in [0.717, 1.165) is 35.8 Å². The van der Waals surface area contributed by atoms with Gasteiger partial charge in [-0.2, -0.15) is 5.10 Å². The van der Waals surface area contributed by atoms with E-state index < -0.39 is 0 Å². The van der Waals surface area contributed by atoms with Gasteiger partial charge in [0.15, 0.2) is 5.65 Å². The molecule has 0 aromatic carbocycles. The maximum Gasteiger partial charge on any atom is 0.158 e. The summed E-state index contributed by atoms with van der Waals surface area (Å²) in [6.07, 6.45) is 0. The highest BCUT2D eigenvalue weighted by atomic mass is 35.5. The summed E-state index contributed by atoms with van der Waals surface area (Å²) in [5.74, 6) is 1.52. The van der Waals surface area contributed by atoms with Crippen molar-refractivity contribution < 1.29 is 0 Å². The molecule has 0 bridgehead atoms. The Kier molecular flexibility index (Phi) is 4.39. The van der Waals surface area contributed by atoms with Crippen molar-refractivity contribution in [2.75, 3.05) is 0 Å². The van der Waals surface area contributed by atoms with Crippen molar-refractivity contribution in [2.24, 2.45) is 11.3 Å². The number of nitrogens with zero attached hydrogens (tertiary/aromatic N) is 4. The summed E-state index contributed by atoms with van der Waals surface area (Å²) < 4.78 is 4.31. The van der Waals surface area contributed by atoms with Crippen molar-refractivity contribution in [3.63, 3.8) is 0 Å². The van der Waals surface area contributed by atoms with Crippen LogP contribution in [-0.4, -0.2) is 19.3 Å². The minimum Gasteiger partial charge on any atom is -0.311 e. The Balaban J connectivity index is 2.66. The number of hydrogen-bond donors (Lipinski definition) is 0. The summed E-state index contributed by atoms with van der Waals surface area (Å²) in [5, 5.41) is 4.49. The lowest BCUT2D eigenvalue weighted by atomic mass is 9.81. The molecule has 1 unspecified atom stereocenters. The van der Waals surface area contributed by atoms with E-state index in [-0.39, 0.29) is 10.8 Å². The van der Waals surface area contributed by atoms with E-state index in [1.54, 1.807) is 0 Å². The molecule has 0 saturated carbocycles. The van der Waals surface area contributed by atoms with Crippen LogP contribution in [0.15, 0.2) is 0 Å². The molecule has 0 aliphatic carbocycles. The van der Waals surface area contributed by atoms with Gasteiger partial charge in [-0.25, -0.2) is 9.67 Å². The molecule has 2 aromatic heterocycles. The van der Waals surface area contributed by atoms with Crippen LogP contribution in [0.1, 0.15) is 58.4 Å². The lowest BCUT2D eigenvalue weighted by molar-refractivity contribution is 0.209. The molecule has 0 amide bonds. The zero-order valence-electron chi connectivity index (χ0n) is 14.2. The third kappa shape index (κ3) is 2.83. The maximum absolute atomic E-state index is 6.38. The number of alkyl halides is 1. The number of hydrogen-bond acceptors (Lipinski definition) is 2. The molecule has 0 N–H and O–H groups in total. The molecule has 118 valence electrons. The first-order valence-corrected chi connectivity index (χ1v) is 8.20. The van der Waals surface area contributed by atoms with Gasteiger partial charge in [0.25, 0.3) is 0 Å². The summed E-state index contributed by atoms with van der Waals surface area (Å²) in [4.78, 5) is 4.77. The van der Waals surface area contributed by atoms with Crippen molar-refractivity contribution >= 4 is 22.8 Å². The average molecular weight is 311 g/mol. The number of aryl methyl sites for hydroxylation is 2. The Bertz CT molecular complexity index is 634. The van der Waals surface area contributed by atoms with Gasteiger partial charge in [0.1, 0.15) is 11.3 Å². The summed E-state index contributed by atoms with van der Waals surface area (Å²) in [6.45, 7) is 17.0. The molecule has 21 heavy (non-hydrogen) atoms. The van der Waals surface area contributed by atoms with E-state index >= 15 is 0 Å². The molecular formula is C16H27ClN4. The van der Waals surface area contributed by atoms with Crippen LogP contribution in [0.2, 0.25) is 0 Å². The normalized spacial score (nSPS) is 14.3. The minimum atomic E-state index is -0.106. The molecule has 2 rings (SSSR count). The molecule has 2 aromatic rings. The van der Waals surface area contributed by atoms with E-state index in [9.17, 15) is 0 Å². The number of rotatable bonds is 5.